The molecule has 6 nitrogen and oxygen atoms in total. The molecule has 2 aromatic carbocycles. The highest BCUT2D eigenvalue weighted by atomic mass is 35.5. The number of halogens is 2. The van der Waals surface area contributed by atoms with Crippen molar-refractivity contribution >= 4 is 34.4 Å². The van der Waals surface area contributed by atoms with Crippen LogP contribution in [0.25, 0.3) is 16.6 Å². The Morgan fingerprint density at radius 2 is 1.78 bits per heavy atom. The molecule has 8 heteroatoms. The van der Waals surface area contributed by atoms with Crippen LogP contribution in [0.2, 0.25) is 5.02 Å². The normalized spacial score (nSPS) is 17.5. The van der Waals surface area contributed by atoms with Gasteiger partial charge in [-0.2, -0.15) is 0 Å². The average molecular weight is 511 g/mol. The summed E-state index contributed by atoms with van der Waals surface area (Å²) in [6, 6.07) is 12.4. The summed E-state index contributed by atoms with van der Waals surface area (Å²) in [7, 11) is 0. The Labute approximate surface area is 216 Å². The number of carbonyl (C=O) groups is 2. The first-order chi connectivity index (χ1) is 17.4. The van der Waals surface area contributed by atoms with Crippen molar-refractivity contribution in [3.8, 4) is 5.69 Å². The summed E-state index contributed by atoms with van der Waals surface area (Å²) in [4.78, 5) is 30.4. The number of imide groups is 1. The van der Waals surface area contributed by atoms with Crippen LogP contribution < -0.4 is 0 Å². The molecule has 2 fully saturated rings. The molecule has 0 atom stereocenters. The molecule has 190 valence electrons. The Bertz CT molecular complexity index is 1250. The fraction of sp³-hybridized carbons (Fsp3) is 0.429. The SMILES string of the molecule is CCCC(=O)N1CCN(CCN2CCC(c3cn(-c4ccc(F)cc4)c4ccc(Cl)cc34)CC2)C1=O. The van der Waals surface area contributed by atoms with Crippen LogP contribution in [0.3, 0.4) is 0 Å². The topological polar surface area (TPSA) is 48.8 Å². The second-order valence-corrected chi connectivity index (χ2v) is 10.2. The fourth-order valence-electron chi connectivity index (χ4n) is 5.47. The number of likely N-dealkylation sites (tertiary alicyclic amines) is 1. The molecule has 2 aliphatic heterocycles. The summed E-state index contributed by atoms with van der Waals surface area (Å²) in [5, 5.41) is 1.85. The van der Waals surface area contributed by atoms with Gasteiger partial charge >= 0.3 is 6.03 Å². The molecule has 0 bridgehead atoms. The van der Waals surface area contributed by atoms with E-state index in [0.29, 0.717) is 37.0 Å². The van der Waals surface area contributed by atoms with E-state index in [9.17, 15) is 14.0 Å². The molecule has 0 unspecified atom stereocenters. The van der Waals surface area contributed by atoms with E-state index in [-0.39, 0.29) is 17.8 Å². The van der Waals surface area contributed by atoms with Crippen LogP contribution in [0.5, 0.6) is 0 Å². The zero-order valence-corrected chi connectivity index (χ0v) is 21.4. The molecule has 3 aromatic rings. The van der Waals surface area contributed by atoms with Crippen LogP contribution >= 0.6 is 11.6 Å². The second kappa shape index (κ2) is 10.6. The van der Waals surface area contributed by atoms with Gasteiger partial charge in [-0.25, -0.2) is 9.18 Å². The van der Waals surface area contributed by atoms with E-state index in [1.54, 1.807) is 17.0 Å². The molecule has 2 aliphatic rings. The van der Waals surface area contributed by atoms with Crippen molar-refractivity contribution in [3.05, 3.63) is 65.1 Å². The minimum atomic E-state index is -0.248. The number of nitrogens with zero attached hydrogens (tertiary/aromatic N) is 4. The van der Waals surface area contributed by atoms with Gasteiger partial charge in [-0.1, -0.05) is 18.5 Å². The van der Waals surface area contributed by atoms with E-state index in [0.717, 1.165) is 55.5 Å². The van der Waals surface area contributed by atoms with Crippen LogP contribution in [0.4, 0.5) is 9.18 Å². The zero-order chi connectivity index (χ0) is 25.2. The van der Waals surface area contributed by atoms with Crippen molar-refractivity contribution in [3.63, 3.8) is 0 Å². The molecule has 3 amide bonds. The molecule has 2 saturated heterocycles. The third-order valence-electron chi connectivity index (χ3n) is 7.48. The van der Waals surface area contributed by atoms with Crippen molar-refractivity contribution < 1.29 is 14.0 Å². The van der Waals surface area contributed by atoms with Gasteiger partial charge in [0, 0.05) is 54.9 Å². The van der Waals surface area contributed by atoms with Crippen molar-refractivity contribution in [2.75, 3.05) is 39.3 Å². The molecule has 3 heterocycles. The lowest BCUT2D eigenvalue weighted by atomic mass is 9.89. The Kier molecular flexibility index (Phi) is 7.30. The number of rotatable bonds is 7. The van der Waals surface area contributed by atoms with Crippen molar-refractivity contribution in [2.45, 2.75) is 38.5 Å². The third kappa shape index (κ3) is 5.00. The van der Waals surface area contributed by atoms with Gasteiger partial charge in [0.1, 0.15) is 5.82 Å². The van der Waals surface area contributed by atoms with Crippen LogP contribution in [0.15, 0.2) is 48.7 Å². The smallest absolute Gasteiger partial charge is 0.321 e. The maximum atomic E-state index is 13.5. The number of amides is 3. The van der Waals surface area contributed by atoms with E-state index in [2.05, 4.69) is 15.7 Å². The number of urea groups is 1. The predicted octanol–water partition coefficient (Wildman–Crippen LogP) is 5.67. The van der Waals surface area contributed by atoms with E-state index in [4.69, 9.17) is 11.6 Å². The average Bonchev–Trinajstić information content (AvgIpc) is 3.44. The Hall–Kier alpha value is -2.90. The van der Waals surface area contributed by atoms with Gasteiger partial charge in [0.05, 0.1) is 5.52 Å². The highest BCUT2D eigenvalue weighted by molar-refractivity contribution is 6.31. The minimum absolute atomic E-state index is 0.0641. The summed E-state index contributed by atoms with van der Waals surface area (Å²) >= 11 is 6.37. The molecule has 0 saturated carbocycles. The van der Waals surface area contributed by atoms with Crippen LogP contribution in [0, 0.1) is 5.82 Å². The van der Waals surface area contributed by atoms with Gasteiger partial charge in [0.15, 0.2) is 0 Å². The molecular weight excluding hydrogens is 479 g/mol. The highest BCUT2D eigenvalue weighted by Crippen LogP contribution is 2.37. The number of hydrogen-bond acceptors (Lipinski definition) is 3. The Morgan fingerprint density at radius 1 is 1.03 bits per heavy atom. The quantitative estimate of drug-likeness (QED) is 0.411. The summed E-state index contributed by atoms with van der Waals surface area (Å²) in [6.07, 6.45) is 5.40. The number of aromatic nitrogens is 1. The molecular formula is C28H32ClFN4O2. The standard InChI is InChI=1S/C28H32ClFN4O2/c1-2-3-27(35)33-17-16-32(28(33)36)15-14-31-12-10-20(11-13-31)25-19-34(23-7-5-22(30)6-8-23)26-9-4-21(29)18-24(25)26/h4-9,18-20H,2-3,10-17H2,1H3. The van der Waals surface area contributed by atoms with Crippen molar-refractivity contribution in [2.24, 2.45) is 0 Å². The number of piperidine rings is 1. The van der Waals surface area contributed by atoms with Gasteiger partial charge in [-0.05, 0) is 86.3 Å². The number of carbonyl (C=O) groups excluding carboxylic acids is 2. The molecule has 36 heavy (non-hydrogen) atoms. The minimum Gasteiger partial charge on any atom is -0.321 e. The van der Waals surface area contributed by atoms with Gasteiger partial charge in [-0.15, -0.1) is 0 Å². The summed E-state index contributed by atoms with van der Waals surface area (Å²) in [5.74, 6) is 0.0898. The maximum Gasteiger partial charge on any atom is 0.326 e. The lowest BCUT2D eigenvalue weighted by Gasteiger charge is -2.33. The summed E-state index contributed by atoms with van der Waals surface area (Å²) in [6.45, 7) is 6.45. The number of hydrogen-bond donors (Lipinski definition) is 0. The molecule has 0 aliphatic carbocycles. The molecule has 1 aromatic heterocycles. The largest absolute Gasteiger partial charge is 0.326 e. The predicted molar refractivity (Wildman–Crippen MR) is 140 cm³/mol. The maximum absolute atomic E-state index is 13.5. The lowest BCUT2D eigenvalue weighted by Crippen LogP contribution is -2.41. The van der Waals surface area contributed by atoms with Crippen LogP contribution in [-0.2, 0) is 4.79 Å². The van der Waals surface area contributed by atoms with Gasteiger partial charge < -0.3 is 14.4 Å². The second-order valence-electron chi connectivity index (χ2n) is 9.77. The van der Waals surface area contributed by atoms with Crippen molar-refractivity contribution in [1.82, 2.24) is 19.3 Å². The van der Waals surface area contributed by atoms with Gasteiger partial charge in [-0.3, -0.25) is 9.69 Å². The van der Waals surface area contributed by atoms with Crippen molar-refractivity contribution in [1.29, 1.82) is 0 Å². The first kappa shape index (κ1) is 24.8. The summed E-state index contributed by atoms with van der Waals surface area (Å²) in [5.41, 5.74) is 3.27. The zero-order valence-electron chi connectivity index (χ0n) is 20.6. The fourth-order valence-corrected chi connectivity index (χ4v) is 5.64. The van der Waals surface area contributed by atoms with Crippen LogP contribution in [0.1, 0.15) is 44.1 Å². The third-order valence-corrected chi connectivity index (χ3v) is 7.71. The first-order valence-electron chi connectivity index (χ1n) is 12.8. The summed E-state index contributed by atoms with van der Waals surface area (Å²) < 4.78 is 15.6. The van der Waals surface area contributed by atoms with E-state index >= 15 is 0 Å². The van der Waals surface area contributed by atoms with Gasteiger partial charge in [0.2, 0.25) is 5.91 Å². The number of fused-ring (bicyclic) bond motifs is 1. The van der Waals surface area contributed by atoms with E-state index in [1.165, 1.54) is 22.6 Å². The van der Waals surface area contributed by atoms with E-state index in [1.807, 2.05) is 25.1 Å². The van der Waals surface area contributed by atoms with Gasteiger partial charge in [0.25, 0.3) is 0 Å². The molecule has 0 N–H and O–H groups in total. The van der Waals surface area contributed by atoms with Crippen LogP contribution in [-0.4, -0.2) is 70.5 Å². The monoisotopic (exact) mass is 510 g/mol. The Morgan fingerprint density at radius 3 is 2.50 bits per heavy atom. The Balaban J connectivity index is 1.24. The van der Waals surface area contributed by atoms with E-state index < -0.39 is 0 Å². The number of benzene rings is 2. The highest BCUT2D eigenvalue weighted by Gasteiger charge is 2.33. The lowest BCUT2D eigenvalue weighted by molar-refractivity contribution is -0.127. The molecule has 0 spiro atoms. The first-order valence-corrected chi connectivity index (χ1v) is 13.2. The molecule has 0 radical (unpaired) electrons. The molecule has 5 rings (SSSR count).